The molecule has 24 heavy (non-hydrogen) atoms. The number of phenolic OH excluding ortho intramolecular Hbond substituents is 1. The molecule has 2 aromatic rings. The number of aryl methyl sites for hydroxylation is 1. The van der Waals surface area contributed by atoms with E-state index in [1.54, 1.807) is 38.4 Å². The van der Waals surface area contributed by atoms with Gasteiger partial charge in [0.25, 0.3) is 0 Å². The molecule has 0 saturated carbocycles. The van der Waals surface area contributed by atoms with Gasteiger partial charge in [-0.15, -0.1) is 0 Å². The largest absolute Gasteiger partial charge is 0.508 e. The lowest BCUT2D eigenvalue weighted by Crippen LogP contribution is -2.14. The number of carbonyl (C=O) groups excluding carboxylic acids is 1. The Labute approximate surface area is 141 Å². The van der Waals surface area contributed by atoms with Crippen molar-refractivity contribution in [1.29, 1.82) is 0 Å². The van der Waals surface area contributed by atoms with Crippen molar-refractivity contribution in [1.82, 2.24) is 0 Å². The first-order chi connectivity index (χ1) is 11.6. The second kappa shape index (κ2) is 8.72. The Morgan fingerprint density at radius 1 is 1.17 bits per heavy atom. The van der Waals surface area contributed by atoms with Crippen LogP contribution in [0, 0.1) is 6.92 Å². The predicted octanol–water partition coefficient (Wildman–Crippen LogP) is 2.97. The highest BCUT2D eigenvalue weighted by molar-refractivity contribution is 5.83. The molecule has 126 valence electrons. The van der Waals surface area contributed by atoms with Gasteiger partial charge in [-0.3, -0.25) is 9.79 Å². The Bertz CT molecular complexity index is 708. The Hall–Kier alpha value is -2.82. The summed E-state index contributed by atoms with van der Waals surface area (Å²) in [6, 6.07) is 12.6. The molecule has 0 fully saturated rings. The van der Waals surface area contributed by atoms with Gasteiger partial charge in [0, 0.05) is 12.6 Å². The maximum absolute atomic E-state index is 11.8. The zero-order valence-corrected chi connectivity index (χ0v) is 13.9. The van der Waals surface area contributed by atoms with Gasteiger partial charge in [0.1, 0.15) is 30.4 Å². The Kier molecular flexibility index (Phi) is 6.37. The number of carbonyl (C=O) groups is 1. The van der Waals surface area contributed by atoms with Crippen LogP contribution in [0.2, 0.25) is 0 Å². The van der Waals surface area contributed by atoms with Crippen LogP contribution in [0.3, 0.4) is 0 Å². The fourth-order valence-electron chi connectivity index (χ4n) is 2.03. The van der Waals surface area contributed by atoms with Gasteiger partial charge < -0.3 is 14.6 Å². The third-order valence-electron chi connectivity index (χ3n) is 3.45. The molecule has 0 atom stereocenters. The SMILES string of the molecule is COc1ccc(C/C=N/CC(=O)COc2ccc(O)c(C)c2)cc1. The Morgan fingerprint density at radius 2 is 1.88 bits per heavy atom. The summed E-state index contributed by atoms with van der Waals surface area (Å²) in [6.45, 7) is 1.82. The first-order valence-electron chi connectivity index (χ1n) is 7.64. The minimum absolute atomic E-state index is 0.0376. The van der Waals surface area contributed by atoms with Crippen molar-refractivity contribution < 1.29 is 19.4 Å². The number of aliphatic imine (C=N–C) groups is 1. The van der Waals surface area contributed by atoms with Crippen molar-refractivity contribution in [3.63, 3.8) is 0 Å². The number of Topliss-reactive ketones (excluding diaryl/α,β-unsaturated/α-hetero) is 1. The molecule has 0 bridgehead atoms. The monoisotopic (exact) mass is 327 g/mol. The molecule has 0 aliphatic rings. The number of aromatic hydroxyl groups is 1. The highest BCUT2D eigenvalue weighted by Gasteiger charge is 2.03. The number of methoxy groups -OCH3 is 1. The van der Waals surface area contributed by atoms with Crippen LogP contribution in [-0.2, 0) is 11.2 Å². The third kappa shape index (κ3) is 5.43. The van der Waals surface area contributed by atoms with Gasteiger partial charge in [0.05, 0.1) is 7.11 Å². The molecule has 0 aliphatic carbocycles. The molecule has 0 heterocycles. The number of rotatable bonds is 8. The number of hydrogen-bond donors (Lipinski definition) is 1. The lowest BCUT2D eigenvalue weighted by molar-refractivity contribution is -0.119. The molecule has 2 rings (SSSR count). The van der Waals surface area contributed by atoms with E-state index in [1.165, 1.54) is 0 Å². The summed E-state index contributed by atoms with van der Waals surface area (Å²) in [5.74, 6) is 1.47. The smallest absolute Gasteiger partial charge is 0.191 e. The van der Waals surface area contributed by atoms with Crippen LogP contribution < -0.4 is 9.47 Å². The van der Waals surface area contributed by atoms with E-state index < -0.39 is 0 Å². The van der Waals surface area contributed by atoms with E-state index >= 15 is 0 Å². The van der Waals surface area contributed by atoms with Crippen molar-refractivity contribution in [2.75, 3.05) is 20.3 Å². The standard InChI is InChI=1S/C19H21NO4/c1-14-11-18(7-8-19(14)22)24-13-16(21)12-20-10-9-15-3-5-17(23-2)6-4-15/h3-8,10-11,22H,9,12-13H2,1-2H3/b20-10+. The Balaban J connectivity index is 1.72. The molecule has 0 unspecified atom stereocenters. The van der Waals surface area contributed by atoms with Crippen LogP contribution in [0.5, 0.6) is 17.2 Å². The van der Waals surface area contributed by atoms with Crippen LogP contribution in [0.25, 0.3) is 0 Å². The maximum atomic E-state index is 11.8. The van der Waals surface area contributed by atoms with Gasteiger partial charge in [-0.2, -0.15) is 0 Å². The number of phenols is 1. The molecule has 0 aliphatic heterocycles. The molecular weight excluding hydrogens is 306 g/mol. The average molecular weight is 327 g/mol. The molecule has 0 saturated heterocycles. The quantitative estimate of drug-likeness (QED) is 0.757. The summed E-state index contributed by atoms with van der Waals surface area (Å²) in [6.07, 6.45) is 2.39. The van der Waals surface area contributed by atoms with E-state index in [2.05, 4.69) is 4.99 Å². The van der Waals surface area contributed by atoms with Crippen LogP contribution >= 0.6 is 0 Å². The minimum atomic E-state index is -0.105. The van der Waals surface area contributed by atoms with Crippen molar-refractivity contribution in [2.24, 2.45) is 4.99 Å². The van der Waals surface area contributed by atoms with E-state index in [0.29, 0.717) is 17.7 Å². The third-order valence-corrected chi connectivity index (χ3v) is 3.45. The van der Waals surface area contributed by atoms with Crippen LogP contribution in [-0.4, -0.2) is 37.4 Å². The molecule has 0 radical (unpaired) electrons. The highest BCUT2D eigenvalue weighted by Crippen LogP contribution is 2.21. The minimum Gasteiger partial charge on any atom is -0.508 e. The summed E-state index contributed by atoms with van der Waals surface area (Å²) < 4.78 is 10.5. The van der Waals surface area contributed by atoms with Gasteiger partial charge in [0.2, 0.25) is 0 Å². The highest BCUT2D eigenvalue weighted by atomic mass is 16.5. The summed E-state index contributed by atoms with van der Waals surface area (Å²) >= 11 is 0. The lowest BCUT2D eigenvalue weighted by atomic mass is 10.1. The summed E-state index contributed by atoms with van der Waals surface area (Å²) in [5, 5.41) is 9.44. The van der Waals surface area contributed by atoms with Gasteiger partial charge in [-0.1, -0.05) is 12.1 Å². The van der Waals surface area contributed by atoms with Crippen LogP contribution in [0.4, 0.5) is 0 Å². The van der Waals surface area contributed by atoms with Gasteiger partial charge in [0.15, 0.2) is 5.78 Å². The lowest BCUT2D eigenvalue weighted by Gasteiger charge is -2.06. The summed E-state index contributed by atoms with van der Waals surface area (Å²) in [4.78, 5) is 15.9. The summed E-state index contributed by atoms with van der Waals surface area (Å²) in [5.41, 5.74) is 1.81. The van der Waals surface area contributed by atoms with Crippen molar-refractivity contribution in [2.45, 2.75) is 13.3 Å². The number of ketones is 1. The zero-order valence-electron chi connectivity index (χ0n) is 13.9. The number of hydrogen-bond acceptors (Lipinski definition) is 5. The molecule has 0 amide bonds. The number of nitrogens with zero attached hydrogens (tertiary/aromatic N) is 1. The molecule has 5 heteroatoms. The van der Waals surface area contributed by atoms with E-state index in [-0.39, 0.29) is 24.7 Å². The maximum Gasteiger partial charge on any atom is 0.191 e. The normalized spacial score (nSPS) is 10.8. The Morgan fingerprint density at radius 3 is 2.54 bits per heavy atom. The molecule has 5 nitrogen and oxygen atoms in total. The fraction of sp³-hybridized carbons (Fsp3) is 0.263. The number of ether oxygens (including phenoxy) is 2. The average Bonchev–Trinajstić information content (AvgIpc) is 2.60. The first kappa shape index (κ1) is 17.5. The summed E-state index contributed by atoms with van der Waals surface area (Å²) in [7, 11) is 1.63. The topological polar surface area (TPSA) is 68.1 Å². The van der Waals surface area contributed by atoms with E-state index in [1.807, 2.05) is 24.3 Å². The molecule has 1 N–H and O–H groups in total. The van der Waals surface area contributed by atoms with Crippen LogP contribution in [0.1, 0.15) is 11.1 Å². The van der Waals surface area contributed by atoms with Crippen LogP contribution in [0.15, 0.2) is 47.5 Å². The molecule has 0 aromatic heterocycles. The second-order valence-corrected chi connectivity index (χ2v) is 5.35. The molecular formula is C19H21NO4. The predicted molar refractivity (Wildman–Crippen MR) is 93.4 cm³/mol. The number of benzene rings is 2. The van der Waals surface area contributed by atoms with Gasteiger partial charge in [-0.05, 0) is 48.4 Å². The van der Waals surface area contributed by atoms with Crippen molar-refractivity contribution >= 4 is 12.0 Å². The molecule has 0 spiro atoms. The van der Waals surface area contributed by atoms with E-state index in [4.69, 9.17) is 9.47 Å². The van der Waals surface area contributed by atoms with Gasteiger partial charge in [-0.25, -0.2) is 0 Å². The molecule has 2 aromatic carbocycles. The zero-order chi connectivity index (χ0) is 17.4. The first-order valence-corrected chi connectivity index (χ1v) is 7.64. The van der Waals surface area contributed by atoms with Crippen molar-refractivity contribution in [3.8, 4) is 17.2 Å². The van der Waals surface area contributed by atoms with E-state index in [9.17, 15) is 9.90 Å². The fourth-order valence-corrected chi connectivity index (χ4v) is 2.03. The van der Waals surface area contributed by atoms with Gasteiger partial charge >= 0.3 is 0 Å². The second-order valence-electron chi connectivity index (χ2n) is 5.35. The van der Waals surface area contributed by atoms with Crippen molar-refractivity contribution in [3.05, 3.63) is 53.6 Å². The van der Waals surface area contributed by atoms with E-state index in [0.717, 1.165) is 11.3 Å².